The number of unbranched alkanes of at least 4 members (excludes halogenated alkanes) is 3. The van der Waals surface area contributed by atoms with Gasteiger partial charge in [0.1, 0.15) is 0 Å². The summed E-state index contributed by atoms with van der Waals surface area (Å²) in [6, 6.07) is 16.8. The van der Waals surface area contributed by atoms with Crippen molar-refractivity contribution in [3.63, 3.8) is 0 Å². The SMILES string of the molecule is CCCCCC/C(=C\Sc1ccccc1Br)Sc1ccccc1Br. The van der Waals surface area contributed by atoms with Crippen LogP contribution in [-0.2, 0) is 0 Å². The molecule has 2 aromatic carbocycles. The molecule has 0 aromatic heterocycles. The van der Waals surface area contributed by atoms with E-state index in [2.05, 4.69) is 92.7 Å². The second-order valence-electron chi connectivity index (χ2n) is 5.48. The van der Waals surface area contributed by atoms with Gasteiger partial charge in [0.15, 0.2) is 0 Å². The maximum absolute atomic E-state index is 3.66. The number of rotatable bonds is 9. The van der Waals surface area contributed by atoms with E-state index in [9.17, 15) is 0 Å². The summed E-state index contributed by atoms with van der Waals surface area (Å²) in [5.74, 6) is 0. The number of hydrogen-bond acceptors (Lipinski definition) is 2. The molecule has 0 unspecified atom stereocenters. The molecule has 0 atom stereocenters. The number of halogens is 2. The summed E-state index contributed by atoms with van der Waals surface area (Å²) < 4.78 is 2.32. The molecule has 0 aliphatic carbocycles. The van der Waals surface area contributed by atoms with E-state index < -0.39 is 0 Å². The van der Waals surface area contributed by atoms with E-state index >= 15 is 0 Å². The van der Waals surface area contributed by atoms with Crippen molar-refractivity contribution in [2.75, 3.05) is 0 Å². The molecule has 4 heteroatoms. The lowest BCUT2D eigenvalue weighted by Crippen LogP contribution is -1.83. The predicted molar refractivity (Wildman–Crippen MR) is 117 cm³/mol. The second-order valence-corrected chi connectivity index (χ2v) is 9.26. The van der Waals surface area contributed by atoms with Crippen molar-refractivity contribution in [2.24, 2.45) is 0 Å². The number of thioether (sulfide) groups is 2. The molecule has 0 bridgehead atoms. The molecule has 0 saturated carbocycles. The van der Waals surface area contributed by atoms with Crippen LogP contribution >= 0.6 is 55.4 Å². The van der Waals surface area contributed by atoms with Gasteiger partial charge in [0, 0.05) is 18.7 Å². The van der Waals surface area contributed by atoms with Crippen molar-refractivity contribution in [3.05, 3.63) is 67.8 Å². The number of hydrogen-bond donors (Lipinski definition) is 0. The van der Waals surface area contributed by atoms with Crippen molar-refractivity contribution in [1.29, 1.82) is 0 Å². The highest BCUT2D eigenvalue weighted by molar-refractivity contribution is 9.10. The second kappa shape index (κ2) is 11.5. The Hall–Kier alpha value is -0.160. The van der Waals surface area contributed by atoms with Gasteiger partial charge in [-0.1, -0.05) is 74.0 Å². The average Bonchev–Trinajstić information content (AvgIpc) is 2.59. The summed E-state index contributed by atoms with van der Waals surface area (Å²) in [5.41, 5.74) is 0. The lowest BCUT2D eigenvalue weighted by molar-refractivity contribution is 0.672. The van der Waals surface area contributed by atoms with Crippen LogP contribution in [0, 0.1) is 0 Å². The van der Waals surface area contributed by atoms with E-state index in [0.29, 0.717) is 0 Å². The van der Waals surface area contributed by atoms with Crippen LogP contribution in [0.5, 0.6) is 0 Å². The van der Waals surface area contributed by atoms with E-state index in [1.54, 1.807) is 11.8 Å². The highest BCUT2D eigenvalue weighted by Gasteiger charge is 2.06. The quantitative estimate of drug-likeness (QED) is 0.256. The van der Waals surface area contributed by atoms with E-state index in [0.717, 1.165) is 10.9 Å². The topological polar surface area (TPSA) is 0 Å². The smallest absolute Gasteiger partial charge is 0.0314 e. The molecule has 0 amide bonds. The molecule has 0 radical (unpaired) electrons. The van der Waals surface area contributed by atoms with Gasteiger partial charge in [-0.3, -0.25) is 0 Å². The molecule has 128 valence electrons. The van der Waals surface area contributed by atoms with Gasteiger partial charge in [-0.05, 0) is 79.3 Å². The minimum Gasteiger partial charge on any atom is -0.0961 e. The summed E-state index contributed by atoms with van der Waals surface area (Å²) in [5, 5.41) is 2.32. The normalized spacial score (nSPS) is 11.7. The molecule has 0 spiro atoms. The minimum atomic E-state index is 1.14. The fourth-order valence-electron chi connectivity index (χ4n) is 2.20. The summed E-state index contributed by atoms with van der Waals surface area (Å²) in [7, 11) is 0. The van der Waals surface area contributed by atoms with Crippen molar-refractivity contribution in [2.45, 2.75) is 48.8 Å². The van der Waals surface area contributed by atoms with Crippen molar-refractivity contribution in [1.82, 2.24) is 0 Å². The Kier molecular flexibility index (Phi) is 9.62. The monoisotopic (exact) mass is 484 g/mol. The van der Waals surface area contributed by atoms with Gasteiger partial charge in [-0.2, -0.15) is 0 Å². The zero-order valence-electron chi connectivity index (χ0n) is 13.8. The van der Waals surface area contributed by atoms with E-state index in [4.69, 9.17) is 0 Å². The standard InChI is InChI=1S/C20H22Br2S2/c1-2-3-4-5-10-16(24-20-14-9-7-12-18(20)22)15-23-19-13-8-6-11-17(19)21/h6-9,11-15H,2-5,10H2,1H3/b16-15+. The van der Waals surface area contributed by atoms with E-state index in [1.807, 2.05) is 11.8 Å². The van der Waals surface area contributed by atoms with Gasteiger partial charge < -0.3 is 0 Å². The highest BCUT2D eigenvalue weighted by Crippen LogP contribution is 2.38. The van der Waals surface area contributed by atoms with Crippen LogP contribution in [-0.4, -0.2) is 0 Å². The molecule has 2 aromatic rings. The van der Waals surface area contributed by atoms with Crippen LogP contribution in [0.3, 0.4) is 0 Å². The first-order chi connectivity index (χ1) is 11.7. The summed E-state index contributed by atoms with van der Waals surface area (Å²) in [6.45, 7) is 2.26. The Morgan fingerprint density at radius 2 is 1.50 bits per heavy atom. The molecule has 0 saturated heterocycles. The Bertz CT molecular complexity index is 668. The third-order valence-electron chi connectivity index (χ3n) is 3.51. The van der Waals surface area contributed by atoms with Crippen LogP contribution in [0.1, 0.15) is 39.0 Å². The highest BCUT2D eigenvalue weighted by atomic mass is 79.9. The molecule has 0 N–H and O–H groups in total. The molecule has 0 nitrogen and oxygen atoms in total. The first-order valence-electron chi connectivity index (χ1n) is 8.23. The fraction of sp³-hybridized carbons (Fsp3) is 0.300. The minimum absolute atomic E-state index is 1.14. The largest absolute Gasteiger partial charge is 0.0961 e. The molecular weight excluding hydrogens is 464 g/mol. The summed E-state index contributed by atoms with van der Waals surface area (Å²) in [4.78, 5) is 3.97. The van der Waals surface area contributed by atoms with Crippen molar-refractivity contribution in [3.8, 4) is 0 Å². The van der Waals surface area contributed by atoms with Gasteiger partial charge in [-0.15, -0.1) is 0 Å². The van der Waals surface area contributed by atoms with Gasteiger partial charge in [-0.25, -0.2) is 0 Å². The fourth-order valence-corrected chi connectivity index (χ4v) is 5.18. The lowest BCUT2D eigenvalue weighted by Gasteiger charge is -2.09. The Morgan fingerprint density at radius 1 is 0.875 bits per heavy atom. The Labute approximate surface area is 171 Å². The van der Waals surface area contributed by atoms with E-state index in [-0.39, 0.29) is 0 Å². The van der Waals surface area contributed by atoms with Crippen LogP contribution in [0.4, 0.5) is 0 Å². The molecular formula is C20H22Br2S2. The van der Waals surface area contributed by atoms with Crippen LogP contribution in [0.2, 0.25) is 0 Å². The number of benzene rings is 2. The van der Waals surface area contributed by atoms with Gasteiger partial charge in [0.25, 0.3) is 0 Å². The van der Waals surface area contributed by atoms with E-state index in [1.165, 1.54) is 44.9 Å². The Balaban J connectivity index is 2.08. The molecule has 0 aliphatic rings. The Morgan fingerprint density at radius 3 is 2.12 bits per heavy atom. The summed E-state index contributed by atoms with van der Waals surface area (Å²) >= 11 is 11.0. The van der Waals surface area contributed by atoms with Crippen LogP contribution in [0.25, 0.3) is 0 Å². The average molecular weight is 486 g/mol. The zero-order valence-corrected chi connectivity index (χ0v) is 18.6. The molecule has 2 rings (SSSR count). The predicted octanol–water partition coefficient (Wildman–Crippen LogP) is 8.91. The van der Waals surface area contributed by atoms with Crippen molar-refractivity contribution >= 4 is 55.4 Å². The molecule has 24 heavy (non-hydrogen) atoms. The third-order valence-corrected chi connectivity index (χ3v) is 7.74. The molecule has 0 aliphatic heterocycles. The van der Waals surface area contributed by atoms with Crippen molar-refractivity contribution < 1.29 is 0 Å². The first kappa shape index (κ1) is 20.2. The zero-order chi connectivity index (χ0) is 17.2. The molecule has 0 heterocycles. The first-order valence-corrected chi connectivity index (χ1v) is 11.5. The van der Waals surface area contributed by atoms with Crippen LogP contribution < -0.4 is 0 Å². The molecule has 0 fully saturated rings. The van der Waals surface area contributed by atoms with Gasteiger partial charge >= 0.3 is 0 Å². The van der Waals surface area contributed by atoms with Gasteiger partial charge in [0.2, 0.25) is 0 Å². The summed E-state index contributed by atoms with van der Waals surface area (Å²) in [6.07, 6.45) is 6.31. The van der Waals surface area contributed by atoms with Gasteiger partial charge in [0.05, 0.1) is 0 Å². The number of allylic oxidation sites excluding steroid dienone is 1. The lowest BCUT2D eigenvalue weighted by atomic mass is 10.1. The van der Waals surface area contributed by atoms with Crippen LogP contribution in [0.15, 0.2) is 77.6 Å². The maximum Gasteiger partial charge on any atom is 0.0314 e. The maximum atomic E-state index is 3.66. The third kappa shape index (κ3) is 6.99.